The summed E-state index contributed by atoms with van der Waals surface area (Å²) in [7, 11) is -4.46. The van der Waals surface area contributed by atoms with E-state index in [-0.39, 0.29) is 0 Å². The van der Waals surface area contributed by atoms with Crippen LogP contribution < -0.4 is 0 Å². The third-order valence-corrected chi connectivity index (χ3v) is 1.07. The second-order valence-corrected chi connectivity index (χ2v) is 2.56. The molecule has 0 radical (unpaired) electrons. The van der Waals surface area contributed by atoms with Gasteiger partial charge in [-0.2, -0.15) is 5.26 Å². The first-order valence-electron chi connectivity index (χ1n) is 2.09. The summed E-state index contributed by atoms with van der Waals surface area (Å²) in [4.78, 5) is 16.1. The monoisotopic (exact) mass is 151 g/mol. The molecule has 0 rings (SSSR count). The zero-order valence-electron chi connectivity index (χ0n) is 4.68. The Labute approximate surface area is 52.1 Å². The van der Waals surface area contributed by atoms with Crippen LogP contribution in [-0.2, 0) is 9.09 Å². The Morgan fingerprint density at radius 1 is 1.78 bits per heavy atom. The van der Waals surface area contributed by atoms with Gasteiger partial charge in [-0.25, -0.2) is 4.57 Å². The van der Waals surface area contributed by atoms with Gasteiger partial charge >= 0.3 is 7.82 Å². The summed E-state index contributed by atoms with van der Waals surface area (Å²) in [5.74, 6) is 0. The van der Waals surface area contributed by atoms with E-state index in [1.165, 1.54) is 13.0 Å². The quantitative estimate of drug-likeness (QED) is 0.542. The van der Waals surface area contributed by atoms with E-state index in [2.05, 4.69) is 4.52 Å². The van der Waals surface area contributed by atoms with Gasteiger partial charge in [-0.3, -0.25) is 4.52 Å². The topological polar surface area (TPSA) is 90.5 Å². The largest absolute Gasteiger partial charge is 0.470 e. The van der Waals surface area contributed by atoms with Crippen LogP contribution in [0.2, 0.25) is 0 Å². The molecule has 9 heavy (non-hydrogen) atoms. The van der Waals surface area contributed by atoms with E-state index >= 15 is 0 Å². The van der Waals surface area contributed by atoms with Gasteiger partial charge in [-0.1, -0.05) is 0 Å². The smallest absolute Gasteiger partial charge is 0.303 e. The Hall–Kier alpha value is -0.400. The number of nitrogens with zero attached hydrogens (tertiary/aromatic N) is 1. The molecule has 0 aromatic rings. The van der Waals surface area contributed by atoms with Crippen LogP contribution in [0.15, 0.2) is 0 Å². The molecule has 0 saturated heterocycles. The van der Waals surface area contributed by atoms with Crippen LogP contribution in [0.4, 0.5) is 0 Å². The average molecular weight is 151 g/mol. The van der Waals surface area contributed by atoms with Crippen LogP contribution in [-0.4, -0.2) is 15.9 Å². The zero-order valence-corrected chi connectivity index (χ0v) is 5.58. The minimum absolute atomic E-state index is 1.06. The number of phosphoric acid groups is 1. The molecule has 0 spiro atoms. The van der Waals surface area contributed by atoms with E-state index in [0.29, 0.717) is 0 Å². The van der Waals surface area contributed by atoms with Gasteiger partial charge in [0.25, 0.3) is 0 Å². The molecule has 2 N–H and O–H groups in total. The van der Waals surface area contributed by atoms with E-state index in [1.54, 1.807) is 0 Å². The lowest BCUT2D eigenvalue weighted by molar-refractivity contribution is 0.175. The van der Waals surface area contributed by atoms with Crippen molar-refractivity contribution < 1.29 is 18.9 Å². The molecule has 52 valence electrons. The van der Waals surface area contributed by atoms with Crippen molar-refractivity contribution in [2.45, 2.75) is 13.0 Å². The van der Waals surface area contributed by atoms with E-state index in [0.717, 1.165) is 0 Å². The Bertz CT molecular complexity index is 167. The molecular formula is C3H6NO4P. The molecule has 0 aromatic carbocycles. The highest BCUT2D eigenvalue weighted by molar-refractivity contribution is 7.46. The highest BCUT2D eigenvalue weighted by atomic mass is 31.2. The Morgan fingerprint density at radius 3 is 2.33 bits per heavy atom. The van der Waals surface area contributed by atoms with Crippen molar-refractivity contribution >= 4 is 7.82 Å². The first-order chi connectivity index (χ1) is 3.95. The molecule has 1 atom stereocenters. The van der Waals surface area contributed by atoms with E-state index < -0.39 is 13.9 Å². The van der Waals surface area contributed by atoms with Gasteiger partial charge in [0.1, 0.15) is 0 Å². The van der Waals surface area contributed by atoms with Gasteiger partial charge in [0, 0.05) is 0 Å². The molecule has 0 heterocycles. The average Bonchev–Trinajstić information content (AvgIpc) is 1.62. The normalized spacial score (nSPS) is 14.4. The fourth-order valence-corrected chi connectivity index (χ4v) is 0.689. The van der Waals surface area contributed by atoms with Gasteiger partial charge in [-0.15, -0.1) is 0 Å². The second-order valence-electron chi connectivity index (χ2n) is 1.37. The predicted molar refractivity (Wildman–Crippen MR) is 28.2 cm³/mol. The number of hydrogen-bond donors (Lipinski definition) is 2. The molecule has 0 aliphatic carbocycles. The van der Waals surface area contributed by atoms with Gasteiger partial charge in [-0.05, 0) is 6.92 Å². The molecule has 0 fully saturated rings. The van der Waals surface area contributed by atoms with Gasteiger partial charge < -0.3 is 9.79 Å². The Kier molecular flexibility index (Phi) is 2.82. The Morgan fingerprint density at radius 2 is 2.22 bits per heavy atom. The van der Waals surface area contributed by atoms with Gasteiger partial charge in [0.05, 0.1) is 6.07 Å². The van der Waals surface area contributed by atoms with Crippen molar-refractivity contribution in [2.75, 3.05) is 0 Å². The van der Waals surface area contributed by atoms with E-state index in [1.807, 2.05) is 0 Å². The van der Waals surface area contributed by atoms with E-state index in [4.69, 9.17) is 15.0 Å². The number of rotatable bonds is 2. The summed E-state index contributed by atoms with van der Waals surface area (Å²) in [6, 6.07) is 1.51. The Balaban J connectivity index is 3.78. The maximum Gasteiger partial charge on any atom is 0.470 e. The van der Waals surface area contributed by atoms with E-state index in [9.17, 15) is 4.57 Å². The van der Waals surface area contributed by atoms with Crippen molar-refractivity contribution in [1.29, 1.82) is 5.26 Å². The van der Waals surface area contributed by atoms with Crippen LogP contribution in [0, 0.1) is 11.3 Å². The van der Waals surface area contributed by atoms with Crippen molar-refractivity contribution in [3.05, 3.63) is 0 Å². The molecular weight excluding hydrogens is 145 g/mol. The first kappa shape index (κ1) is 8.60. The van der Waals surface area contributed by atoms with Crippen molar-refractivity contribution in [3.63, 3.8) is 0 Å². The van der Waals surface area contributed by atoms with Crippen LogP contribution in [0.3, 0.4) is 0 Å². The molecule has 0 aliphatic heterocycles. The van der Waals surface area contributed by atoms with Gasteiger partial charge in [0.2, 0.25) is 0 Å². The molecule has 0 aromatic heterocycles. The minimum atomic E-state index is -4.46. The molecule has 1 unspecified atom stereocenters. The lowest BCUT2D eigenvalue weighted by atomic mass is 10.5. The molecule has 0 saturated carbocycles. The SMILES string of the molecule is CC(C#N)OP(=O)(O)O. The molecule has 0 aliphatic rings. The summed E-state index contributed by atoms with van der Waals surface area (Å²) in [6.45, 7) is 1.25. The molecule has 5 nitrogen and oxygen atoms in total. The second kappa shape index (κ2) is 2.95. The van der Waals surface area contributed by atoms with Crippen LogP contribution in [0.1, 0.15) is 6.92 Å². The summed E-state index contributed by atoms with van der Waals surface area (Å²) in [5, 5.41) is 7.98. The highest BCUT2D eigenvalue weighted by Gasteiger charge is 2.17. The number of phosphoric ester groups is 1. The van der Waals surface area contributed by atoms with Gasteiger partial charge in [0.15, 0.2) is 6.10 Å². The van der Waals surface area contributed by atoms with Crippen molar-refractivity contribution in [1.82, 2.24) is 0 Å². The fraction of sp³-hybridized carbons (Fsp3) is 0.667. The highest BCUT2D eigenvalue weighted by Crippen LogP contribution is 2.37. The molecule has 6 heteroatoms. The molecule has 0 bridgehead atoms. The maximum atomic E-state index is 9.92. The van der Waals surface area contributed by atoms with Crippen LogP contribution in [0.25, 0.3) is 0 Å². The summed E-state index contributed by atoms with van der Waals surface area (Å²) in [5.41, 5.74) is 0. The standard InChI is InChI=1S/C3H6NO4P/c1-3(2-4)8-9(5,6)7/h3H,1H3,(H2,5,6,7). The maximum absolute atomic E-state index is 9.92. The summed E-state index contributed by atoms with van der Waals surface area (Å²) in [6.07, 6.45) is -1.06. The molecule has 0 amide bonds. The third-order valence-electron chi connectivity index (χ3n) is 0.477. The fourth-order valence-electron chi connectivity index (χ4n) is 0.230. The number of nitriles is 1. The van der Waals surface area contributed by atoms with Crippen molar-refractivity contribution in [2.24, 2.45) is 0 Å². The lowest BCUT2D eigenvalue weighted by Gasteiger charge is -2.04. The number of hydrogen-bond acceptors (Lipinski definition) is 3. The van der Waals surface area contributed by atoms with Crippen molar-refractivity contribution in [3.8, 4) is 6.07 Å². The minimum Gasteiger partial charge on any atom is -0.303 e. The predicted octanol–water partition coefficient (Wildman–Crippen LogP) is 0.00778. The third kappa shape index (κ3) is 5.47. The zero-order chi connectivity index (χ0) is 7.49. The summed E-state index contributed by atoms with van der Waals surface area (Å²) < 4.78 is 13.8. The first-order valence-corrected chi connectivity index (χ1v) is 3.62. The lowest BCUT2D eigenvalue weighted by Crippen LogP contribution is -2.01. The van der Waals surface area contributed by atoms with Crippen LogP contribution >= 0.6 is 7.82 Å². The van der Waals surface area contributed by atoms with Crippen LogP contribution in [0.5, 0.6) is 0 Å². The summed E-state index contributed by atoms with van der Waals surface area (Å²) >= 11 is 0.